The van der Waals surface area contributed by atoms with Gasteiger partial charge in [0.2, 0.25) is 5.91 Å². The summed E-state index contributed by atoms with van der Waals surface area (Å²) in [5, 5.41) is 0. The van der Waals surface area contributed by atoms with Gasteiger partial charge in [0.15, 0.2) is 0 Å². The van der Waals surface area contributed by atoms with Gasteiger partial charge in [0.1, 0.15) is 0 Å². The molecular formula is C13H13NOS. The van der Waals surface area contributed by atoms with Crippen LogP contribution in [0.1, 0.15) is 29.0 Å². The molecule has 1 atom stereocenters. The van der Waals surface area contributed by atoms with Gasteiger partial charge in [-0.05, 0) is 47.9 Å². The predicted octanol–water partition coefficient (Wildman–Crippen LogP) is 2.46. The third kappa shape index (κ3) is 1.24. The van der Waals surface area contributed by atoms with E-state index in [2.05, 4.69) is 19.1 Å². The molecule has 0 spiro atoms. The first-order valence-corrected chi connectivity index (χ1v) is 6.44. The van der Waals surface area contributed by atoms with E-state index >= 15 is 0 Å². The molecule has 1 aromatic rings. The summed E-state index contributed by atoms with van der Waals surface area (Å²) in [7, 11) is 0. The number of carbonyl (C=O) groups excluding carboxylic acids is 1. The SMILES string of the molecule is Cc1ccc2c3c1C=C(C(N)=O)C3CCS2. The fourth-order valence-electron chi connectivity index (χ4n) is 2.64. The number of primary amides is 1. The van der Waals surface area contributed by atoms with Gasteiger partial charge in [-0.3, -0.25) is 4.79 Å². The molecule has 16 heavy (non-hydrogen) atoms. The van der Waals surface area contributed by atoms with Crippen molar-refractivity contribution < 1.29 is 4.79 Å². The standard InChI is InChI=1S/C13H13NOS/c1-7-2-3-11-12-8(4-5-16-11)10(13(14)15)6-9(7)12/h2-3,6,8H,4-5H2,1H3,(H2,14,15). The molecule has 1 aliphatic carbocycles. The highest BCUT2D eigenvalue weighted by molar-refractivity contribution is 7.99. The van der Waals surface area contributed by atoms with Crippen LogP contribution < -0.4 is 5.73 Å². The molecule has 82 valence electrons. The first kappa shape index (κ1) is 9.97. The van der Waals surface area contributed by atoms with Gasteiger partial charge < -0.3 is 5.73 Å². The Hall–Kier alpha value is -1.22. The molecule has 1 unspecified atom stereocenters. The number of carbonyl (C=O) groups is 1. The van der Waals surface area contributed by atoms with Crippen LogP contribution in [0.4, 0.5) is 0 Å². The first-order chi connectivity index (χ1) is 7.68. The second-order valence-corrected chi connectivity index (χ2v) is 5.50. The van der Waals surface area contributed by atoms with E-state index in [0.717, 1.165) is 17.7 Å². The minimum atomic E-state index is -0.265. The maximum Gasteiger partial charge on any atom is 0.245 e. The van der Waals surface area contributed by atoms with Crippen molar-refractivity contribution in [2.75, 3.05) is 5.75 Å². The monoisotopic (exact) mass is 231 g/mol. The lowest BCUT2D eigenvalue weighted by Crippen LogP contribution is -2.19. The molecular weight excluding hydrogens is 218 g/mol. The Labute approximate surface area is 98.9 Å². The van der Waals surface area contributed by atoms with Crippen molar-refractivity contribution in [3.63, 3.8) is 0 Å². The molecule has 0 saturated heterocycles. The van der Waals surface area contributed by atoms with Crippen molar-refractivity contribution >= 4 is 23.7 Å². The average molecular weight is 231 g/mol. The van der Waals surface area contributed by atoms with E-state index in [1.54, 1.807) is 0 Å². The fourth-order valence-corrected chi connectivity index (χ4v) is 3.79. The van der Waals surface area contributed by atoms with Crippen LogP contribution in [0.2, 0.25) is 0 Å². The number of rotatable bonds is 1. The van der Waals surface area contributed by atoms with Crippen LogP contribution in [-0.4, -0.2) is 11.7 Å². The summed E-state index contributed by atoms with van der Waals surface area (Å²) in [5.74, 6) is 1.06. The van der Waals surface area contributed by atoms with Crippen molar-refractivity contribution in [2.24, 2.45) is 5.73 Å². The summed E-state index contributed by atoms with van der Waals surface area (Å²) in [6.07, 6.45) is 3.02. The smallest absolute Gasteiger partial charge is 0.245 e. The normalized spacial score (nSPS) is 21.6. The Morgan fingerprint density at radius 2 is 2.31 bits per heavy atom. The van der Waals surface area contributed by atoms with Gasteiger partial charge in [-0.25, -0.2) is 0 Å². The molecule has 3 heteroatoms. The molecule has 1 aromatic carbocycles. The highest BCUT2D eigenvalue weighted by atomic mass is 32.2. The van der Waals surface area contributed by atoms with E-state index in [-0.39, 0.29) is 11.8 Å². The highest BCUT2D eigenvalue weighted by Gasteiger charge is 2.33. The van der Waals surface area contributed by atoms with Crippen LogP contribution in [0, 0.1) is 6.92 Å². The third-order valence-corrected chi connectivity index (χ3v) is 4.54. The van der Waals surface area contributed by atoms with Crippen molar-refractivity contribution in [3.05, 3.63) is 34.4 Å². The zero-order valence-corrected chi connectivity index (χ0v) is 9.93. The van der Waals surface area contributed by atoms with Crippen molar-refractivity contribution in [2.45, 2.75) is 24.2 Å². The van der Waals surface area contributed by atoms with Gasteiger partial charge in [-0.2, -0.15) is 0 Å². The quantitative estimate of drug-likeness (QED) is 0.806. The molecule has 0 aromatic heterocycles. The fraction of sp³-hybridized carbons (Fsp3) is 0.308. The van der Waals surface area contributed by atoms with Crippen molar-refractivity contribution in [1.82, 2.24) is 0 Å². The molecule has 3 rings (SSSR count). The molecule has 2 aliphatic rings. The maximum absolute atomic E-state index is 11.4. The van der Waals surface area contributed by atoms with Gasteiger partial charge >= 0.3 is 0 Å². The van der Waals surface area contributed by atoms with Gasteiger partial charge in [0, 0.05) is 16.4 Å². The van der Waals surface area contributed by atoms with E-state index in [9.17, 15) is 4.79 Å². The molecule has 2 nitrogen and oxygen atoms in total. The molecule has 0 radical (unpaired) electrons. The summed E-state index contributed by atoms with van der Waals surface area (Å²) in [5.41, 5.74) is 10.1. The van der Waals surface area contributed by atoms with Crippen LogP contribution >= 0.6 is 11.8 Å². The van der Waals surface area contributed by atoms with Gasteiger partial charge in [-0.1, -0.05) is 6.07 Å². The minimum Gasteiger partial charge on any atom is -0.366 e. The molecule has 0 bridgehead atoms. The summed E-state index contributed by atoms with van der Waals surface area (Å²) >= 11 is 1.88. The van der Waals surface area contributed by atoms with Crippen molar-refractivity contribution in [1.29, 1.82) is 0 Å². The Bertz CT molecular complexity index is 519. The van der Waals surface area contributed by atoms with Crippen LogP contribution in [0.5, 0.6) is 0 Å². The van der Waals surface area contributed by atoms with Gasteiger partial charge in [0.25, 0.3) is 0 Å². The van der Waals surface area contributed by atoms with Gasteiger partial charge in [-0.15, -0.1) is 11.8 Å². The first-order valence-electron chi connectivity index (χ1n) is 5.46. The van der Waals surface area contributed by atoms with Crippen LogP contribution in [0.25, 0.3) is 6.08 Å². The number of thioether (sulfide) groups is 1. The second-order valence-electron chi connectivity index (χ2n) is 4.36. The van der Waals surface area contributed by atoms with E-state index in [4.69, 9.17) is 5.73 Å². The van der Waals surface area contributed by atoms with E-state index < -0.39 is 0 Å². The summed E-state index contributed by atoms with van der Waals surface area (Å²) in [4.78, 5) is 12.8. The van der Waals surface area contributed by atoms with Crippen molar-refractivity contribution in [3.8, 4) is 0 Å². The molecule has 2 N–H and O–H groups in total. The Morgan fingerprint density at radius 1 is 1.50 bits per heavy atom. The van der Waals surface area contributed by atoms with Crippen LogP contribution in [0.3, 0.4) is 0 Å². The molecule has 0 saturated carbocycles. The molecule has 1 amide bonds. The number of aryl methyl sites for hydroxylation is 1. The Balaban J connectivity index is 2.24. The summed E-state index contributed by atoms with van der Waals surface area (Å²) < 4.78 is 0. The molecule has 0 fully saturated rings. The van der Waals surface area contributed by atoms with Crippen LogP contribution in [-0.2, 0) is 4.79 Å². The highest BCUT2D eigenvalue weighted by Crippen LogP contribution is 2.48. The topological polar surface area (TPSA) is 43.1 Å². The number of benzene rings is 1. The number of hydrogen-bond donors (Lipinski definition) is 1. The largest absolute Gasteiger partial charge is 0.366 e. The van der Waals surface area contributed by atoms with E-state index in [1.165, 1.54) is 21.6 Å². The van der Waals surface area contributed by atoms with Gasteiger partial charge in [0.05, 0.1) is 0 Å². The summed E-state index contributed by atoms with van der Waals surface area (Å²) in [6.45, 7) is 2.09. The lowest BCUT2D eigenvalue weighted by atomic mass is 9.91. The second kappa shape index (κ2) is 3.39. The lowest BCUT2D eigenvalue weighted by molar-refractivity contribution is -0.114. The summed E-state index contributed by atoms with van der Waals surface area (Å²) in [6, 6.07) is 4.30. The zero-order valence-electron chi connectivity index (χ0n) is 9.12. The minimum absolute atomic E-state index is 0.253. The molecule has 1 aliphatic heterocycles. The average Bonchev–Trinajstić information content (AvgIpc) is 2.65. The lowest BCUT2D eigenvalue weighted by Gasteiger charge is -2.23. The Morgan fingerprint density at radius 3 is 3.06 bits per heavy atom. The predicted molar refractivity (Wildman–Crippen MR) is 66.4 cm³/mol. The van der Waals surface area contributed by atoms with Crippen LogP contribution in [0.15, 0.2) is 22.6 Å². The third-order valence-electron chi connectivity index (χ3n) is 3.44. The van der Waals surface area contributed by atoms with E-state index in [1.807, 2.05) is 17.8 Å². The Kier molecular flexibility index (Phi) is 2.11. The van der Waals surface area contributed by atoms with E-state index in [0.29, 0.717) is 0 Å². The number of nitrogens with two attached hydrogens (primary N) is 1. The maximum atomic E-state index is 11.4. The number of amides is 1. The molecule has 1 heterocycles. The number of hydrogen-bond acceptors (Lipinski definition) is 2. The zero-order chi connectivity index (χ0) is 11.3.